The number of carbonyl (C=O) groups is 1. The summed E-state index contributed by atoms with van der Waals surface area (Å²) in [6, 6.07) is 6.40. The van der Waals surface area contributed by atoms with Crippen LogP contribution >= 0.6 is 0 Å². The standard InChI is InChI=1S/C19H22F2N4O2/c1-24-9-4-8-17(18(24)26)23-19(27)22-13-5-3-10-25(11-13)12-14-15(20)6-2-7-16(14)21/h2,4,6-9,13H,3,5,10-12H2,1H3,(H2,22,23,27). The Morgan fingerprint density at radius 3 is 2.70 bits per heavy atom. The summed E-state index contributed by atoms with van der Waals surface area (Å²) in [5.74, 6) is -1.13. The van der Waals surface area contributed by atoms with Gasteiger partial charge in [0.2, 0.25) is 0 Å². The largest absolute Gasteiger partial charge is 0.334 e. The highest BCUT2D eigenvalue weighted by atomic mass is 19.1. The normalized spacial score (nSPS) is 17.5. The van der Waals surface area contributed by atoms with Gasteiger partial charge in [0.25, 0.3) is 5.56 Å². The Hall–Kier alpha value is -2.74. The summed E-state index contributed by atoms with van der Waals surface area (Å²) in [7, 11) is 1.60. The number of carbonyl (C=O) groups excluding carboxylic acids is 1. The molecule has 1 aliphatic rings. The summed E-state index contributed by atoms with van der Waals surface area (Å²) in [5, 5.41) is 5.39. The van der Waals surface area contributed by atoms with Crippen molar-refractivity contribution in [2.45, 2.75) is 25.4 Å². The molecule has 0 aliphatic carbocycles. The maximum Gasteiger partial charge on any atom is 0.319 e. The molecule has 2 N–H and O–H groups in total. The van der Waals surface area contributed by atoms with Crippen molar-refractivity contribution in [3.05, 3.63) is 64.1 Å². The zero-order valence-electron chi connectivity index (χ0n) is 15.0. The van der Waals surface area contributed by atoms with Crippen LogP contribution < -0.4 is 16.2 Å². The molecule has 2 amide bonds. The van der Waals surface area contributed by atoms with Gasteiger partial charge in [0, 0.05) is 37.9 Å². The first-order valence-corrected chi connectivity index (χ1v) is 8.82. The lowest BCUT2D eigenvalue weighted by molar-refractivity contribution is 0.180. The Kier molecular flexibility index (Phi) is 5.85. The number of anilines is 1. The number of hydrogen-bond donors (Lipinski definition) is 2. The monoisotopic (exact) mass is 376 g/mol. The van der Waals surface area contributed by atoms with Crippen molar-refractivity contribution in [3.63, 3.8) is 0 Å². The van der Waals surface area contributed by atoms with Gasteiger partial charge >= 0.3 is 6.03 Å². The molecule has 0 spiro atoms. The Morgan fingerprint density at radius 1 is 1.22 bits per heavy atom. The zero-order chi connectivity index (χ0) is 19.4. The molecule has 1 aromatic carbocycles. The second kappa shape index (κ2) is 8.30. The summed E-state index contributed by atoms with van der Waals surface area (Å²) in [4.78, 5) is 26.1. The number of likely N-dealkylation sites (tertiary alicyclic amines) is 1. The van der Waals surface area contributed by atoms with E-state index in [0.717, 1.165) is 12.8 Å². The molecule has 1 aliphatic heterocycles. The van der Waals surface area contributed by atoms with E-state index >= 15 is 0 Å². The molecule has 1 unspecified atom stereocenters. The molecule has 27 heavy (non-hydrogen) atoms. The number of pyridine rings is 1. The third-order valence-electron chi connectivity index (χ3n) is 4.66. The van der Waals surface area contributed by atoms with Crippen LogP contribution in [0.1, 0.15) is 18.4 Å². The number of amides is 2. The average Bonchev–Trinajstić information content (AvgIpc) is 2.62. The average molecular weight is 376 g/mol. The summed E-state index contributed by atoms with van der Waals surface area (Å²) >= 11 is 0. The molecule has 1 atom stereocenters. The molecule has 3 rings (SSSR count). The number of halogens is 2. The van der Waals surface area contributed by atoms with Crippen LogP contribution in [0.3, 0.4) is 0 Å². The van der Waals surface area contributed by atoms with Crippen molar-refractivity contribution < 1.29 is 13.6 Å². The highest BCUT2D eigenvalue weighted by Crippen LogP contribution is 2.18. The van der Waals surface area contributed by atoms with E-state index in [1.54, 1.807) is 19.3 Å². The number of aryl methyl sites for hydroxylation is 1. The molecule has 2 heterocycles. The molecule has 1 saturated heterocycles. The zero-order valence-corrected chi connectivity index (χ0v) is 15.0. The fraction of sp³-hybridized carbons (Fsp3) is 0.368. The maximum absolute atomic E-state index is 13.8. The minimum Gasteiger partial charge on any atom is -0.334 e. The van der Waals surface area contributed by atoms with Crippen molar-refractivity contribution >= 4 is 11.7 Å². The first kappa shape index (κ1) is 19.0. The van der Waals surface area contributed by atoms with Crippen LogP contribution in [0, 0.1) is 11.6 Å². The minimum absolute atomic E-state index is 0.0374. The molecule has 1 fully saturated rings. The molecule has 0 radical (unpaired) electrons. The third kappa shape index (κ3) is 4.71. The van der Waals surface area contributed by atoms with Crippen molar-refractivity contribution in [1.82, 2.24) is 14.8 Å². The van der Waals surface area contributed by atoms with E-state index in [2.05, 4.69) is 10.6 Å². The van der Waals surface area contributed by atoms with Crippen LogP contribution in [-0.2, 0) is 13.6 Å². The van der Waals surface area contributed by atoms with Crippen LogP contribution in [0.25, 0.3) is 0 Å². The van der Waals surface area contributed by atoms with E-state index in [9.17, 15) is 18.4 Å². The van der Waals surface area contributed by atoms with Crippen molar-refractivity contribution in [2.24, 2.45) is 7.05 Å². The second-order valence-corrected chi connectivity index (χ2v) is 6.71. The maximum atomic E-state index is 13.8. The molecule has 1 aromatic heterocycles. The first-order chi connectivity index (χ1) is 12.9. The number of benzene rings is 1. The number of urea groups is 1. The van der Waals surface area contributed by atoms with E-state index in [4.69, 9.17) is 0 Å². The number of nitrogens with zero attached hydrogens (tertiary/aromatic N) is 2. The topological polar surface area (TPSA) is 66.4 Å². The lowest BCUT2D eigenvalue weighted by atomic mass is 10.0. The predicted octanol–water partition coefficient (Wildman–Crippen LogP) is 2.45. The molecule has 6 nitrogen and oxygen atoms in total. The molecular formula is C19H22F2N4O2. The number of nitrogens with one attached hydrogen (secondary N) is 2. The number of rotatable bonds is 4. The fourth-order valence-electron chi connectivity index (χ4n) is 3.26. The van der Waals surface area contributed by atoms with Crippen LogP contribution in [-0.4, -0.2) is 34.6 Å². The molecule has 144 valence electrons. The fourth-order valence-corrected chi connectivity index (χ4v) is 3.26. The van der Waals surface area contributed by atoms with Crippen LogP contribution in [0.2, 0.25) is 0 Å². The number of piperidine rings is 1. The minimum atomic E-state index is -0.567. The van der Waals surface area contributed by atoms with Gasteiger partial charge in [-0.15, -0.1) is 0 Å². The molecule has 0 saturated carbocycles. The van der Waals surface area contributed by atoms with Gasteiger partial charge in [0.05, 0.1) is 0 Å². The van der Waals surface area contributed by atoms with Gasteiger partial charge in [-0.3, -0.25) is 9.69 Å². The van der Waals surface area contributed by atoms with Crippen molar-refractivity contribution in [3.8, 4) is 0 Å². The highest BCUT2D eigenvalue weighted by molar-refractivity contribution is 5.89. The molecular weight excluding hydrogens is 354 g/mol. The van der Waals surface area contributed by atoms with Gasteiger partial charge in [-0.05, 0) is 43.7 Å². The number of aromatic nitrogens is 1. The van der Waals surface area contributed by atoms with Gasteiger partial charge < -0.3 is 15.2 Å². The Balaban J connectivity index is 1.59. The van der Waals surface area contributed by atoms with Gasteiger partial charge in [-0.2, -0.15) is 0 Å². The predicted molar refractivity (Wildman–Crippen MR) is 98.5 cm³/mol. The SMILES string of the molecule is Cn1cccc(NC(=O)NC2CCCN(Cc3c(F)cccc3F)C2)c1=O. The molecule has 8 heteroatoms. The first-order valence-electron chi connectivity index (χ1n) is 8.82. The van der Waals surface area contributed by atoms with E-state index in [1.165, 1.54) is 28.8 Å². The van der Waals surface area contributed by atoms with Crippen LogP contribution in [0.5, 0.6) is 0 Å². The number of hydrogen-bond acceptors (Lipinski definition) is 3. The smallest absolute Gasteiger partial charge is 0.319 e. The van der Waals surface area contributed by atoms with Gasteiger partial charge in [0.15, 0.2) is 0 Å². The van der Waals surface area contributed by atoms with E-state index < -0.39 is 17.7 Å². The summed E-state index contributed by atoms with van der Waals surface area (Å²) in [5.41, 5.74) is -0.0677. The lowest BCUT2D eigenvalue weighted by Gasteiger charge is -2.33. The second-order valence-electron chi connectivity index (χ2n) is 6.71. The van der Waals surface area contributed by atoms with E-state index in [-0.39, 0.29) is 29.4 Å². The van der Waals surface area contributed by atoms with Crippen LogP contribution in [0.4, 0.5) is 19.3 Å². The Bertz CT molecular complexity index is 864. The lowest BCUT2D eigenvalue weighted by Crippen LogP contribution is -2.49. The molecule has 0 bridgehead atoms. The highest BCUT2D eigenvalue weighted by Gasteiger charge is 2.23. The van der Waals surface area contributed by atoms with E-state index in [0.29, 0.717) is 13.1 Å². The van der Waals surface area contributed by atoms with Gasteiger partial charge in [-0.25, -0.2) is 13.6 Å². The van der Waals surface area contributed by atoms with Gasteiger partial charge in [0.1, 0.15) is 17.3 Å². The van der Waals surface area contributed by atoms with Gasteiger partial charge in [-0.1, -0.05) is 6.07 Å². The summed E-state index contributed by atoms with van der Waals surface area (Å²) < 4.78 is 29.1. The Labute approximate surface area is 155 Å². The molecule has 2 aromatic rings. The quantitative estimate of drug-likeness (QED) is 0.862. The van der Waals surface area contributed by atoms with Crippen molar-refractivity contribution in [1.29, 1.82) is 0 Å². The summed E-state index contributed by atoms with van der Waals surface area (Å²) in [6.45, 7) is 1.33. The Morgan fingerprint density at radius 2 is 1.96 bits per heavy atom. The van der Waals surface area contributed by atoms with Crippen molar-refractivity contribution in [2.75, 3.05) is 18.4 Å². The third-order valence-corrected chi connectivity index (χ3v) is 4.66. The summed E-state index contributed by atoms with van der Waals surface area (Å²) in [6.07, 6.45) is 3.16. The van der Waals surface area contributed by atoms with Crippen LogP contribution in [0.15, 0.2) is 41.3 Å². The van der Waals surface area contributed by atoms with E-state index in [1.807, 2.05) is 4.90 Å².